The molecule has 5 heteroatoms. The third-order valence-corrected chi connectivity index (χ3v) is 4.19. The molecule has 1 heterocycles. The van der Waals surface area contributed by atoms with Gasteiger partial charge in [0.05, 0.1) is 0 Å². The monoisotopic (exact) mass is 296 g/mol. The lowest BCUT2D eigenvalue weighted by Gasteiger charge is -2.34. The number of hydrogen-bond donors (Lipinski definition) is 1. The highest BCUT2D eigenvalue weighted by atomic mass is 19.2. The van der Waals surface area contributed by atoms with Gasteiger partial charge in [0.2, 0.25) is 5.91 Å². The van der Waals surface area contributed by atoms with Crippen molar-refractivity contribution in [2.75, 3.05) is 13.1 Å². The molecular weight excluding hydrogens is 274 g/mol. The first kappa shape index (κ1) is 15.9. The Bertz CT molecular complexity index is 505. The molecule has 0 aliphatic carbocycles. The quantitative estimate of drug-likeness (QED) is 0.928. The average Bonchev–Trinajstić information content (AvgIpc) is 2.48. The molecule has 0 radical (unpaired) electrons. The van der Waals surface area contributed by atoms with Gasteiger partial charge in [0.1, 0.15) is 0 Å². The van der Waals surface area contributed by atoms with Crippen LogP contribution in [-0.2, 0) is 11.2 Å². The van der Waals surface area contributed by atoms with Gasteiger partial charge in [-0.25, -0.2) is 8.78 Å². The van der Waals surface area contributed by atoms with Gasteiger partial charge in [0.25, 0.3) is 0 Å². The van der Waals surface area contributed by atoms with Gasteiger partial charge in [-0.2, -0.15) is 0 Å². The second kappa shape index (κ2) is 6.98. The second-order valence-corrected chi connectivity index (χ2v) is 5.81. The number of hydrogen-bond acceptors (Lipinski definition) is 2. The van der Waals surface area contributed by atoms with Crippen molar-refractivity contribution in [3.63, 3.8) is 0 Å². The number of benzene rings is 1. The molecule has 1 amide bonds. The molecule has 0 saturated carbocycles. The van der Waals surface area contributed by atoms with Crippen molar-refractivity contribution in [1.82, 2.24) is 4.90 Å². The zero-order valence-electron chi connectivity index (χ0n) is 12.3. The van der Waals surface area contributed by atoms with Crippen LogP contribution in [-0.4, -0.2) is 29.9 Å². The van der Waals surface area contributed by atoms with E-state index in [4.69, 9.17) is 5.73 Å². The maximum atomic E-state index is 13.5. The zero-order valence-corrected chi connectivity index (χ0v) is 12.3. The smallest absolute Gasteiger partial charge is 0.222 e. The maximum Gasteiger partial charge on any atom is 0.222 e. The van der Waals surface area contributed by atoms with E-state index in [1.807, 2.05) is 6.92 Å². The number of nitrogens with two attached hydrogens (primary N) is 1. The van der Waals surface area contributed by atoms with E-state index in [0.29, 0.717) is 12.5 Å². The Hall–Kier alpha value is -1.49. The number of carbonyl (C=O) groups is 1. The van der Waals surface area contributed by atoms with Crippen LogP contribution in [0.25, 0.3) is 0 Å². The molecule has 21 heavy (non-hydrogen) atoms. The van der Waals surface area contributed by atoms with Crippen molar-refractivity contribution in [1.29, 1.82) is 0 Å². The number of aryl methyl sites for hydroxylation is 1. The highest BCUT2D eigenvalue weighted by Gasteiger charge is 2.25. The molecule has 0 aromatic heterocycles. The molecule has 2 atom stereocenters. The largest absolute Gasteiger partial charge is 0.342 e. The molecule has 2 rings (SSSR count). The Morgan fingerprint density at radius 1 is 1.48 bits per heavy atom. The molecule has 116 valence electrons. The Labute approximate surface area is 124 Å². The van der Waals surface area contributed by atoms with E-state index >= 15 is 0 Å². The molecule has 2 N–H and O–H groups in total. The Morgan fingerprint density at radius 3 is 2.95 bits per heavy atom. The second-order valence-electron chi connectivity index (χ2n) is 5.81. The maximum absolute atomic E-state index is 13.5. The molecule has 1 aliphatic rings. The summed E-state index contributed by atoms with van der Waals surface area (Å²) in [6, 6.07) is 4.14. The summed E-state index contributed by atoms with van der Waals surface area (Å²) < 4.78 is 26.7. The van der Waals surface area contributed by atoms with Gasteiger partial charge >= 0.3 is 0 Å². The molecule has 1 aliphatic heterocycles. The number of likely N-dealkylation sites (tertiary alicyclic amines) is 1. The highest BCUT2D eigenvalue weighted by molar-refractivity contribution is 5.76. The molecule has 0 bridgehead atoms. The summed E-state index contributed by atoms with van der Waals surface area (Å²) in [5.41, 5.74) is 6.16. The Kier molecular flexibility index (Phi) is 5.28. The van der Waals surface area contributed by atoms with Gasteiger partial charge in [-0.1, -0.05) is 12.1 Å². The first-order chi connectivity index (χ1) is 9.99. The van der Waals surface area contributed by atoms with Gasteiger partial charge in [0, 0.05) is 25.6 Å². The normalized spacial score (nSPS) is 20.4. The van der Waals surface area contributed by atoms with Crippen LogP contribution in [0.15, 0.2) is 18.2 Å². The van der Waals surface area contributed by atoms with Gasteiger partial charge in [-0.05, 0) is 43.7 Å². The number of amides is 1. The van der Waals surface area contributed by atoms with E-state index in [1.165, 1.54) is 12.1 Å². The van der Waals surface area contributed by atoms with Gasteiger partial charge < -0.3 is 10.6 Å². The van der Waals surface area contributed by atoms with Gasteiger partial charge in [0.15, 0.2) is 11.6 Å². The topological polar surface area (TPSA) is 46.3 Å². The molecule has 1 aromatic carbocycles. The third-order valence-electron chi connectivity index (χ3n) is 4.19. The van der Waals surface area contributed by atoms with E-state index < -0.39 is 11.6 Å². The van der Waals surface area contributed by atoms with Crippen molar-refractivity contribution >= 4 is 5.91 Å². The fraction of sp³-hybridized carbons (Fsp3) is 0.562. The summed E-state index contributed by atoms with van der Waals surface area (Å²) in [6.07, 6.45) is 2.42. The molecule has 3 nitrogen and oxygen atoms in total. The number of piperidine rings is 1. The minimum atomic E-state index is -0.866. The summed E-state index contributed by atoms with van der Waals surface area (Å²) in [6.45, 7) is 3.36. The predicted octanol–water partition coefficient (Wildman–Crippen LogP) is 2.48. The van der Waals surface area contributed by atoms with Crippen molar-refractivity contribution < 1.29 is 13.6 Å². The Morgan fingerprint density at radius 2 is 2.24 bits per heavy atom. The van der Waals surface area contributed by atoms with Crippen molar-refractivity contribution in [2.45, 2.75) is 38.6 Å². The fourth-order valence-electron chi connectivity index (χ4n) is 2.81. The highest BCUT2D eigenvalue weighted by Crippen LogP contribution is 2.20. The average molecular weight is 296 g/mol. The van der Waals surface area contributed by atoms with Crippen molar-refractivity contribution in [3.8, 4) is 0 Å². The van der Waals surface area contributed by atoms with E-state index in [-0.39, 0.29) is 30.4 Å². The van der Waals surface area contributed by atoms with E-state index in [1.54, 1.807) is 4.90 Å². The minimum Gasteiger partial charge on any atom is -0.342 e. The van der Waals surface area contributed by atoms with Crippen LogP contribution in [0.4, 0.5) is 8.78 Å². The molecular formula is C16H22F2N2O. The van der Waals surface area contributed by atoms with Crippen molar-refractivity contribution in [3.05, 3.63) is 35.4 Å². The molecule has 1 saturated heterocycles. The lowest BCUT2D eigenvalue weighted by atomic mass is 9.92. The number of halogens is 2. The van der Waals surface area contributed by atoms with E-state index in [0.717, 1.165) is 25.5 Å². The first-order valence-corrected chi connectivity index (χ1v) is 7.45. The lowest BCUT2D eigenvalue weighted by molar-refractivity contribution is -0.133. The molecule has 0 spiro atoms. The SMILES string of the molecule is C[C@@H](N)[C@@H]1CCCN(C(=O)CCc2cccc(F)c2F)C1. The summed E-state index contributed by atoms with van der Waals surface area (Å²) in [4.78, 5) is 14.0. The van der Waals surface area contributed by atoms with Gasteiger partial charge in [-0.3, -0.25) is 4.79 Å². The summed E-state index contributed by atoms with van der Waals surface area (Å²) in [7, 11) is 0. The van der Waals surface area contributed by atoms with Crippen LogP contribution in [0.1, 0.15) is 31.7 Å². The summed E-state index contributed by atoms with van der Waals surface area (Å²) in [5, 5.41) is 0. The fourth-order valence-corrected chi connectivity index (χ4v) is 2.81. The zero-order chi connectivity index (χ0) is 15.4. The molecule has 0 unspecified atom stereocenters. The van der Waals surface area contributed by atoms with Gasteiger partial charge in [-0.15, -0.1) is 0 Å². The third kappa shape index (κ3) is 4.00. The summed E-state index contributed by atoms with van der Waals surface area (Å²) >= 11 is 0. The Balaban J connectivity index is 1.91. The van der Waals surface area contributed by atoms with Crippen LogP contribution >= 0.6 is 0 Å². The standard InChI is InChI=1S/C16H22F2N2O/c1-11(19)13-5-3-9-20(10-13)15(21)8-7-12-4-2-6-14(17)16(12)18/h2,4,6,11,13H,3,5,7-10,19H2,1H3/t11-,13-/m1/s1. The van der Waals surface area contributed by atoms with E-state index in [9.17, 15) is 13.6 Å². The van der Waals surface area contributed by atoms with Crippen LogP contribution in [0, 0.1) is 17.6 Å². The number of nitrogens with zero attached hydrogens (tertiary/aromatic N) is 1. The van der Waals surface area contributed by atoms with Crippen LogP contribution in [0.3, 0.4) is 0 Å². The molecule has 1 aromatic rings. The van der Waals surface area contributed by atoms with Crippen LogP contribution < -0.4 is 5.73 Å². The number of carbonyl (C=O) groups excluding carboxylic acids is 1. The number of rotatable bonds is 4. The van der Waals surface area contributed by atoms with Crippen LogP contribution in [0.2, 0.25) is 0 Å². The van der Waals surface area contributed by atoms with Crippen LogP contribution in [0.5, 0.6) is 0 Å². The lowest BCUT2D eigenvalue weighted by Crippen LogP contribution is -2.45. The van der Waals surface area contributed by atoms with Crippen molar-refractivity contribution in [2.24, 2.45) is 11.7 Å². The van der Waals surface area contributed by atoms with E-state index in [2.05, 4.69) is 0 Å². The minimum absolute atomic E-state index is 0.0102. The summed E-state index contributed by atoms with van der Waals surface area (Å²) in [5.74, 6) is -1.40. The predicted molar refractivity (Wildman–Crippen MR) is 77.6 cm³/mol. The first-order valence-electron chi connectivity index (χ1n) is 7.45. The molecule has 1 fully saturated rings.